The second-order valence-corrected chi connectivity index (χ2v) is 6.62. The maximum Gasteiger partial charge on any atom is 0.253 e. The molecule has 1 aromatic heterocycles. The number of nitrogens with zero attached hydrogens (tertiary/aromatic N) is 1. The molecule has 1 aliphatic carbocycles. The monoisotopic (exact) mass is 344 g/mol. The van der Waals surface area contributed by atoms with Crippen molar-refractivity contribution >= 4 is 17.7 Å². The summed E-state index contributed by atoms with van der Waals surface area (Å²) in [4.78, 5) is 16.2. The molecule has 6 heteroatoms. The van der Waals surface area contributed by atoms with Crippen molar-refractivity contribution in [3.05, 3.63) is 48.2 Å². The summed E-state index contributed by atoms with van der Waals surface area (Å²) in [5.41, 5.74) is 0.612. The van der Waals surface area contributed by atoms with Gasteiger partial charge in [-0.15, -0.1) is 11.8 Å². The van der Waals surface area contributed by atoms with E-state index in [1.165, 1.54) is 0 Å². The predicted octanol–water partition coefficient (Wildman–Crippen LogP) is 3.15. The van der Waals surface area contributed by atoms with Crippen LogP contribution in [0.5, 0.6) is 11.5 Å². The molecule has 0 radical (unpaired) electrons. The highest BCUT2D eigenvalue weighted by molar-refractivity contribution is 7.99. The van der Waals surface area contributed by atoms with Crippen molar-refractivity contribution < 1.29 is 14.3 Å². The maximum absolute atomic E-state index is 11.9. The summed E-state index contributed by atoms with van der Waals surface area (Å²) in [6.07, 6.45) is 3.80. The van der Waals surface area contributed by atoms with Crippen LogP contribution in [0, 0.1) is 0 Å². The lowest BCUT2D eigenvalue weighted by atomic mass is 10.3. The van der Waals surface area contributed by atoms with Crippen LogP contribution in [0.25, 0.3) is 0 Å². The Morgan fingerprint density at radius 1 is 1.21 bits per heavy atom. The van der Waals surface area contributed by atoms with Gasteiger partial charge in [-0.25, -0.2) is 4.98 Å². The first kappa shape index (κ1) is 16.6. The minimum Gasteiger partial charge on any atom is -0.497 e. The van der Waals surface area contributed by atoms with Crippen LogP contribution in [0.15, 0.2) is 47.6 Å². The number of carbonyl (C=O) groups is 1. The number of amides is 1. The first-order chi connectivity index (χ1) is 11.7. The number of rotatable bonds is 8. The van der Waals surface area contributed by atoms with Crippen LogP contribution >= 0.6 is 11.8 Å². The molecule has 1 heterocycles. The van der Waals surface area contributed by atoms with E-state index < -0.39 is 0 Å². The number of thioether (sulfide) groups is 1. The van der Waals surface area contributed by atoms with Gasteiger partial charge in [-0.05, 0) is 49.2 Å². The van der Waals surface area contributed by atoms with E-state index in [2.05, 4.69) is 10.3 Å². The minimum absolute atomic E-state index is 0.0376. The highest BCUT2D eigenvalue weighted by atomic mass is 32.2. The highest BCUT2D eigenvalue weighted by Gasteiger charge is 2.23. The van der Waals surface area contributed by atoms with E-state index >= 15 is 0 Å². The molecular formula is C18H20N2O3S. The molecule has 0 unspecified atom stereocenters. The average molecular weight is 344 g/mol. The Labute approximate surface area is 145 Å². The predicted molar refractivity (Wildman–Crippen MR) is 93.9 cm³/mol. The molecule has 1 fully saturated rings. The van der Waals surface area contributed by atoms with Crippen molar-refractivity contribution in [2.75, 3.05) is 19.5 Å². The molecule has 1 amide bonds. The fourth-order valence-corrected chi connectivity index (χ4v) is 2.74. The van der Waals surface area contributed by atoms with Crippen molar-refractivity contribution in [2.24, 2.45) is 0 Å². The van der Waals surface area contributed by atoms with Gasteiger partial charge in [-0.1, -0.05) is 0 Å². The van der Waals surface area contributed by atoms with Gasteiger partial charge in [0.1, 0.15) is 11.5 Å². The van der Waals surface area contributed by atoms with E-state index in [-0.39, 0.29) is 5.91 Å². The number of methoxy groups -OCH3 is 1. The summed E-state index contributed by atoms with van der Waals surface area (Å²) in [6.45, 7) is 0.586. The third-order valence-electron chi connectivity index (χ3n) is 3.57. The first-order valence-electron chi connectivity index (χ1n) is 7.91. The van der Waals surface area contributed by atoms with Gasteiger partial charge in [0.25, 0.3) is 5.91 Å². The van der Waals surface area contributed by atoms with Gasteiger partial charge < -0.3 is 14.8 Å². The van der Waals surface area contributed by atoms with Gasteiger partial charge in [-0.3, -0.25) is 4.79 Å². The van der Waals surface area contributed by atoms with Crippen LogP contribution in [0.2, 0.25) is 0 Å². The molecule has 5 nitrogen and oxygen atoms in total. The molecule has 126 valence electrons. The number of ether oxygens (including phenoxy) is 2. The quantitative estimate of drug-likeness (QED) is 0.589. The number of hydrogen-bond acceptors (Lipinski definition) is 5. The number of hydrogen-bond donors (Lipinski definition) is 1. The third kappa shape index (κ3) is 4.89. The van der Waals surface area contributed by atoms with Crippen molar-refractivity contribution in [1.29, 1.82) is 0 Å². The Kier molecular flexibility index (Phi) is 5.59. The third-order valence-corrected chi connectivity index (χ3v) is 4.48. The van der Waals surface area contributed by atoms with Gasteiger partial charge in [0, 0.05) is 18.0 Å². The van der Waals surface area contributed by atoms with Crippen LogP contribution in [-0.4, -0.2) is 36.4 Å². The molecule has 0 aliphatic heterocycles. The average Bonchev–Trinajstić information content (AvgIpc) is 3.44. The normalized spacial score (nSPS) is 13.4. The summed E-state index contributed by atoms with van der Waals surface area (Å²) < 4.78 is 10.8. The minimum atomic E-state index is -0.0376. The Bertz CT molecular complexity index is 670. The number of pyridine rings is 1. The zero-order chi connectivity index (χ0) is 16.8. The zero-order valence-electron chi connectivity index (χ0n) is 13.5. The van der Waals surface area contributed by atoms with Crippen LogP contribution in [0.4, 0.5) is 0 Å². The van der Waals surface area contributed by atoms with E-state index in [1.807, 2.05) is 36.4 Å². The van der Waals surface area contributed by atoms with Crippen LogP contribution in [0.3, 0.4) is 0 Å². The molecule has 0 spiro atoms. The van der Waals surface area contributed by atoms with E-state index in [1.54, 1.807) is 25.1 Å². The van der Waals surface area contributed by atoms with Crippen LogP contribution in [0.1, 0.15) is 23.2 Å². The van der Waals surface area contributed by atoms with Crippen LogP contribution < -0.4 is 14.8 Å². The van der Waals surface area contributed by atoms with Crippen LogP contribution in [-0.2, 0) is 0 Å². The fraction of sp³-hybridized carbons (Fsp3) is 0.333. The van der Waals surface area contributed by atoms with Gasteiger partial charge >= 0.3 is 0 Å². The standard InChI is InChI=1S/C18H20N2O3S/c1-22-15-5-7-16(8-6-15)23-10-11-24-17-9-2-13(12-19-17)18(21)20-14-3-4-14/h2,5-9,12,14H,3-4,10-11H2,1H3,(H,20,21). The van der Waals surface area contributed by atoms with Gasteiger partial charge in [0.15, 0.2) is 0 Å². The number of nitrogens with one attached hydrogen (secondary N) is 1. The highest BCUT2D eigenvalue weighted by Crippen LogP contribution is 2.21. The summed E-state index contributed by atoms with van der Waals surface area (Å²) in [5, 5.41) is 3.84. The lowest BCUT2D eigenvalue weighted by Crippen LogP contribution is -2.25. The molecule has 1 saturated carbocycles. The van der Waals surface area contributed by atoms with E-state index in [0.29, 0.717) is 18.2 Å². The molecule has 1 N–H and O–H groups in total. The largest absolute Gasteiger partial charge is 0.497 e. The lowest BCUT2D eigenvalue weighted by molar-refractivity contribution is 0.0950. The molecule has 1 aromatic carbocycles. The van der Waals surface area contributed by atoms with E-state index in [4.69, 9.17) is 9.47 Å². The van der Waals surface area contributed by atoms with Gasteiger partial charge in [0.2, 0.25) is 0 Å². The van der Waals surface area contributed by atoms with Crippen molar-refractivity contribution in [2.45, 2.75) is 23.9 Å². The van der Waals surface area contributed by atoms with Crippen molar-refractivity contribution in [3.8, 4) is 11.5 Å². The van der Waals surface area contributed by atoms with Gasteiger partial charge in [-0.2, -0.15) is 0 Å². The molecule has 0 bridgehead atoms. The second-order valence-electron chi connectivity index (χ2n) is 5.51. The number of aromatic nitrogens is 1. The van der Waals surface area contributed by atoms with Crippen molar-refractivity contribution in [1.82, 2.24) is 10.3 Å². The fourth-order valence-electron chi connectivity index (χ4n) is 2.07. The summed E-state index contributed by atoms with van der Waals surface area (Å²) in [6, 6.07) is 11.6. The zero-order valence-corrected chi connectivity index (χ0v) is 14.3. The van der Waals surface area contributed by atoms with E-state index in [9.17, 15) is 4.79 Å². The molecule has 3 rings (SSSR count). The molecule has 1 aliphatic rings. The van der Waals surface area contributed by atoms with Crippen molar-refractivity contribution in [3.63, 3.8) is 0 Å². The molecular weight excluding hydrogens is 324 g/mol. The summed E-state index contributed by atoms with van der Waals surface area (Å²) in [5.74, 6) is 2.37. The topological polar surface area (TPSA) is 60.5 Å². The first-order valence-corrected chi connectivity index (χ1v) is 8.90. The SMILES string of the molecule is COc1ccc(OCCSc2ccc(C(=O)NC3CC3)cn2)cc1. The number of carbonyl (C=O) groups excluding carboxylic acids is 1. The Balaban J connectivity index is 1.40. The summed E-state index contributed by atoms with van der Waals surface area (Å²) >= 11 is 1.60. The second kappa shape index (κ2) is 8.06. The maximum atomic E-state index is 11.9. The van der Waals surface area contributed by atoms with Gasteiger partial charge in [0.05, 0.1) is 24.3 Å². The van der Waals surface area contributed by atoms with E-state index in [0.717, 1.165) is 35.1 Å². The summed E-state index contributed by atoms with van der Waals surface area (Å²) in [7, 11) is 1.64. The molecule has 0 atom stereocenters. The Hall–Kier alpha value is -2.21. The lowest BCUT2D eigenvalue weighted by Gasteiger charge is -2.07. The Morgan fingerprint density at radius 3 is 2.58 bits per heavy atom. The number of benzene rings is 1. The molecule has 2 aromatic rings. The smallest absolute Gasteiger partial charge is 0.253 e. The molecule has 24 heavy (non-hydrogen) atoms. The Morgan fingerprint density at radius 2 is 1.96 bits per heavy atom. The molecule has 0 saturated heterocycles.